The molecular formula is C22H23N5O5. The zero-order valence-electron chi connectivity index (χ0n) is 18.2. The van der Waals surface area contributed by atoms with E-state index in [1.165, 1.54) is 18.7 Å². The Morgan fingerprint density at radius 2 is 1.72 bits per heavy atom. The van der Waals surface area contributed by atoms with Crippen LogP contribution in [0.5, 0.6) is 0 Å². The molecule has 2 aromatic carbocycles. The Labute approximate surface area is 184 Å². The maximum absolute atomic E-state index is 12.8. The molecule has 0 saturated heterocycles. The van der Waals surface area contributed by atoms with Crippen LogP contribution >= 0.6 is 0 Å². The minimum Gasteiger partial charge on any atom is -0.307 e. The first kappa shape index (κ1) is 22.6. The number of benzene rings is 2. The number of non-ortho nitro benzene ring substituents is 1. The second kappa shape index (κ2) is 8.58. The van der Waals surface area contributed by atoms with Crippen molar-refractivity contribution in [3.8, 4) is 0 Å². The fraction of sp³-hybridized carbons (Fsp3) is 0.273. The molecule has 0 fully saturated rings. The number of hydrogen-bond acceptors (Lipinski definition) is 6. The van der Waals surface area contributed by atoms with E-state index in [2.05, 4.69) is 31.2 Å². The van der Waals surface area contributed by atoms with E-state index in [9.17, 15) is 25.0 Å². The molecule has 10 heteroatoms. The number of amides is 1. The summed E-state index contributed by atoms with van der Waals surface area (Å²) in [4.78, 5) is 33.8. The lowest BCUT2D eigenvalue weighted by atomic mass is 9.87. The lowest BCUT2D eigenvalue weighted by molar-refractivity contribution is -0.394. The Balaban J connectivity index is 1.86. The van der Waals surface area contributed by atoms with E-state index in [-0.39, 0.29) is 16.5 Å². The summed E-state index contributed by atoms with van der Waals surface area (Å²) >= 11 is 0. The second-order valence-corrected chi connectivity index (χ2v) is 8.43. The molecule has 0 bridgehead atoms. The van der Waals surface area contributed by atoms with Crippen LogP contribution in [0.2, 0.25) is 0 Å². The number of nitro groups is 2. The van der Waals surface area contributed by atoms with Crippen LogP contribution in [0.1, 0.15) is 47.8 Å². The molecule has 0 radical (unpaired) electrons. The van der Waals surface area contributed by atoms with Crippen LogP contribution in [0, 0.1) is 27.2 Å². The zero-order chi connectivity index (χ0) is 23.6. The molecule has 1 heterocycles. The van der Waals surface area contributed by atoms with Gasteiger partial charge in [0.05, 0.1) is 34.2 Å². The Kier molecular flexibility index (Phi) is 6.06. The highest BCUT2D eigenvalue weighted by atomic mass is 16.6. The third-order valence-corrected chi connectivity index (χ3v) is 5.13. The van der Waals surface area contributed by atoms with Crippen LogP contribution in [-0.4, -0.2) is 25.5 Å². The molecule has 1 N–H and O–H groups in total. The van der Waals surface area contributed by atoms with Gasteiger partial charge in [0.25, 0.3) is 17.3 Å². The van der Waals surface area contributed by atoms with Crippen LogP contribution in [0.15, 0.2) is 48.7 Å². The van der Waals surface area contributed by atoms with Crippen molar-refractivity contribution in [1.82, 2.24) is 9.78 Å². The van der Waals surface area contributed by atoms with Crippen LogP contribution < -0.4 is 5.32 Å². The monoisotopic (exact) mass is 437 g/mol. The van der Waals surface area contributed by atoms with Gasteiger partial charge in [0.2, 0.25) is 0 Å². The Morgan fingerprint density at radius 3 is 2.28 bits per heavy atom. The highest BCUT2D eigenvalue weighted by Gasteiger charge is 2.25. The minimum absolute atomic E-state index is 0.0299. The molecule has 0 aliphatic carbocycles. The Morgan fingerprint density at radius 1 is 1.06 bits per heavy atom. The van der Waals surface area contributed by atoms with E-state index >= 15 is 0 Å². The summed E-state index contributed by atoms with van der Waals surface area (Å²) in [6.07, 6.45) is 1.52. The molecule has 1 amide bonds. The number of anilines is 1. The van der Waals surface area contributed by atoms with Gasteiger partial charge in [0.1, 0.15) is 5.82 Å². The molecule has 166 valence electrons. The molecule has 0 unspecified atom stereocenters. The summed E-state index contributed by atoms with van der Waals surface area (Å²) in [6.45, 7) is 8.15. The van der Waals surface area contributed by atoms with Gasteiger partial charge in [-0.2, -0.15) is 5.10 Å². The van der Waals surface area contributed by atoms with Gasteiger partial charge in [0.15, 0.2) is 0 Å². The van der Waals surface area contributed by atoms with Gasteiger partial charge in [-0.25, -0.2) is 4.68 Å². The average molecular weight is 437 g/mol. The number of aromatic nitrogens is 2. The van der Waals surface area contributed by atoms with Crippen molar-refractivity contribution in [2.75, 3.05) is 5.32 Å². The molecule has 1 aromatic heterocycles. The predicted octanol–water partition coefficient (Wildman–Crippen LogP) is 4.61. The lowest BCUT2D eigenvalue weighted by Gasteiger charge is -2.19. The Hall–Kier alpha value is -4.08. The van der Waals surface area contributed by atoms with Gasteiger partial charge in [-0.15, -0.1) is 0 Å². The van der Waals surface area contributed by atoms with Crippen LogP contribution in [0.25, 0.3) is 0 Å². The fourth-order valence-electron chi connectivity index (χ4n) is 3.25. The first-order valence-corrected chi connectivity index (χ1v) is 9.83. The van der Waals surface area contributed by atoms with Crippen molar-refractivity contribution in [2.45, 2.75) is 39.7 Å². The molecule has 0 saturated carbocycles. The quantitative estimate of drug-likeness (QED) is 0.442. The lowest BCUT2D eigenvalue weighted by Crippen LogP contribution is -2.18. The fourth-order valence-corrected chi connectivity index (χ4v) is 3.25. The van der Waals surface area contributed by atoms with Gasteiger partial charge in [-0.05, 0) is 23.5 Å². The molecular weight excluding hydrogens is 414 g/mol. The molecule has 3 aromatic rings. The van der Waals surface area contributed by atoms with E-state index in [1.54, 1.807) is 10.7 Å². The van der Waals surface area contributed by atoms with Crippen molar-refractivity contribution in [2.24, 2.45) is 0 Å². The summed E-state index contributed by atoms with van der Waals surface area (Å²) in [5.74, 6) is -0.331. The van der Waals surface area contributed by atoms with Crippen molar-refractivity contribution in [3.05, 3.63) is 91.1 Å². The summed E-state index contributed by atoms with van der Waals surface area (Å²) < 4.78 is 1.57. The molecule has 10 nitrogen and oxygen atoms in total. The Bertz CT molecular complexity index is 1190. The third-order valence-electron chi connectivity index (χ3n) is 5.13. The van der Waals surface area contributed by atoms with Crippen molar-refractivity contribution in [1.29, 1.82) is 0 Å². The van der Waals surface area contributed by atoms with Crippen LogP contribution in [-0.2, 0) is 12.0 Å². The number of rotatable bonds is 6. The normalized spacial score (nSPS) is 11.2. The maximum Gasteiger partial charge on any atom is 0.279 e. The van der Waals surface area contributed by atoms with Gasteiger partial charge >= 0.3 is 0 Å². The van der Waals surface area contributed by atoms with Crippen molar-refractivity contribution >= 4 is 23.1 Å². The van der Waals surface area contributed by atoms with Gasteiger partial charge < -0.3 is 5.32 Å². The summed E-state index contributed by atoms with van der Waals surface area (Å²) in [5, 5.41) is 29.3. The van der Waals surface area contributed by atoms with Gasteiger partial charge in [0, 0.05) is 17.7 Å². The second-order valence-electron chi connectivity index (χ2n) is 8.43. The molecule has 0 aliphatic heterocycles. The van der Waals surface area contributed by atoms with Crippen LogP contribution in [0.3, 0.4) is 0 Å². The van der Waals surface area contributed by atoms with E-state index in [4.69, 9.17) is 0 Å². The van der Waals surface area contributed by atoms with E-state index in [0.29, 0.717) is 12.4 Å². The first-order chi connectivity index (χ1) is 15.0. The highest BCUT2D eigenvalue weighted by Crippen LogP contribution is 2.29. The van der Waals surface area contributed by atoms with E-state index in [0.717, 1.165) is 17.7 Å². The number of carbonyl (C=O) groups excluding carboxylic acids is 1. The summed E-state index contributed by atoms with van der Waals surface area (Å²) in [7, 11) is 0. The number of nitrogens with zero attached hydrogens (tertiary/aromatic N) is 4. The summed E-state index contributed by atoms with van der Waals surface area (Å²) in [6, 6.07) is 11.5. The summed E-state index contributed by atoms with van der Waals surface area (Å²) in [5.41, 5.74) is 1.08. The number of nitro benzene ring substituents is 2. The van der Waals surface area contributed by atoms with Crippen molar-refractivity contribution in [3.63, 3.8) is 0 Å². The number of nitrogens with one attached hydrogen (secondary N) is 1. The molecule has 0 atom stereocenters. The smallest absolute Gasteiger partial charge is 0.279 e. The molecule has 32 heavy (non-hydrogen) atoms. The zero-order valence-corrected chi connectivity index (χ0v) is 18.2. The van der Waals surface area contributed by atoms with Crippen molar-refractivity contribution < 1.29 is 14.6 Å². The maximum atomic E-state index is 12.8. The SMILES string of the molecule is Cc1c(C(=O)Nc2ccnn2Cc2ccc(C(C)(C)C)cc2)cc([N+](=O)[O-])cc1[N+](=O)[O-]. The standard InChI is InChI=1S/C22H23N5O5/c1-14-18(11-17(26(29)30)12-19(14)27(31)32)21(28)24-20-9-10-23-25(20)13-15-5-7-16(8-6-15)22(2,3)4/h5-12H,13H2,1-4H3,(H,24,28). The highest BCUT2D eigenvalue weighted by molar-refractivity contribution is 6.06. The first-order valence-electron chi connectivity index (χ1n) is 9.83. The van der Waals surface area contributed by atoms with E-state index in [1.807, 2.05) is 24.3 Å². The minimum atomic E-state index is -0.769. The third kappa shape index (κ3) is 4.80. The largest absolute Gasteiger partial charge is 0.307 e. The topological polar surface area (TPSA) is 133 Å². The number of carbonyl (C=O) groups is 1. The van der Waals surface area contributed by atoms with Gasteiger partial charge in [-0.3, -0.25) is 25.0 Å². The predicted molar refractivity (Wildman–Crippen MR) is 119 cm³/mol. The van der Waals surface area contributed by atoms with Gasteiger partial charge in [-0.1, -0.05) is 45.0 Å². The molecule has 3 rings (SSSR count). The van der Waals surface area contributed by atoms with Crippen LogP contribution in [0.4, 0.5) is 17.2 Å². The average Bonchev–Trinajstić information content (AvgIpc) is 3.13. The molecule has 0 spiro atoms. The molecule has 0 aliphatic rings. The number of hydrogen-bond donors (Lipinski definition) is 1. The van der Waals surface area contributed by atoms with E-state index < -0.39 is 27.1 Å².